The summed E-state index contributed by atoms with van der Waals surface area (Å²) in [6.07, 6.45) is 7.89. The summed E-state index contributed by atoms with van der Waals surface area (Å²) in [6, 6.07) is 5.63. The molecule has 0 bridgehead atoms. The fourth-order valence-corrected chi connectivity index (χ4v) is 5.64. The molecule has 1 aliphatic carbocycles. The molecule has 0 spiro atoms. The molecule has 0 radical (unpaired) electrons. The van der Waals surface area contributed by atoms with Crippen LogP contribution in [0.2, 0.25) is 5.02 Å². The van der Waals surface area contributed by atoms with Gasteiger partial charge in [0.2, 0.25) is 5.88 Å². The van der Waals surface area contributed by atoms with Crippen molar-refractivity contribution in [2.75, 3.05) is 7.11 Å². The Balaban J connectivity index is 1.99. The number of hydrogen-bond acceptors (Lipinski definition) is 6. The predicted molar refractivity (Wildman–Crippen MR) is 140 cm³/mol. The number of aryl methyl sites for hydroxylation is 1. The average molecular weight is 494 g/mol. The molecule has 1 aliphatic rings. The van der Waals surface area contributed by atoms with E-state index in [1.165, 1.54) is 12.8 Å². The Bertz CT molecular complexity index is 1340. The Labute approximate surface area is 211 Å². The van der Waals surface area contributed by atoms with Crippen molar-refractivity contribution < 1.29 is 9.84 Å². The summed E-state index contributed by atoms with van der Waals surface area (Å²) in [7, 11) is 3.39. The number of pyridine rings is 1. The zero-order valence-corrected chi connectivity index (χ0v) is 21.7. The van der Waals surface area contributed by atoms with E-state index >= 15 is 0 Å². The fourth-order valence-electron chi connectivity index (χ4n) is 5.25. The zero-order valence-electron chi connectivity index (χ0n) is 21.0. The number of benzene rings is 1. The van der Waals surface area contributed by atoms with Crippen LogP contribution in [0.4, 0.5) is 0 Å². The van der Waals surface area contributed by atoms with Gasteiger partial charge in [-0.1, -0.05) is 48.4 Å². The standard InChI is InChI=1S/C27H32ClN5O2/c1-7-21(17(4)30-16(2)3)27(34,23-15-29-32-33(23)5)19-12-13-22-20(14-19)25(28)24(26(31-22)35-6)18-10-8-9-11-18/h7,12-15,18,34H,2,8-11H2,1,3-6H3/b21-7+,30-17-. The van der Waals surface area contributed by atoms with E-state index in [0.717, 1.165) is 23.8 Å². The van der Waals surface area contributed by atoms with Gasteiger partial charge in [-0.15, -0.1) is 5.10 Å². The van der Waals surface area contributed by atoms with Crippen LogP contribution in [0.5, 0.6) is 5.88 Å². The van der Waals surface area contributed by atoms with Crippen LogP contribution in [0.3, 0.4) is 0 Å². The lowest BCUT2D eigenvalue weighted by atomic mass is 9.80. The van der Waals surface area contributed by atoms with Crippen molar-refractivity contribution in [3.8, 4) is 5.88 Å². The van der Waals surface area contributed by atoms with E-state index in [1.54, 1.807) is 25.0 Å². The van der Waals surface area contributed by atoms with Gasteiger partial charge in [-0.25, -0.2) is 9.67 Å². The van der Waals surface area contributed by atoms with E-state index in [4.69, 9.17) is 21.3 Å². The van der Waals surface area contributed by atoms with Gasteiger partial charge >= 0.3 is 0 Å². The molecule has 35 heavy (non-hydrogen) atoms. The predicted octanol–water partition coefficient (Wildman–Crippen LogP) is 5.86. The molecule has 8 heteroatoms. The number of hydrogen-bond donors (Lipinski definition) is 1. The molecule has 2 heterocycles. The molecule has 184 valence electrons. The first kappa shape index (κ1) is 25.1. The summed E-state index contributed by atoms with van der Waals surface area (Å²) in [5.41, 5.74) is 3.10. The van der Waals surface area contributed by atoms with Gasteiger partial charge in [0, 0.05) is 35.0 Å². The highest BCUT2D eigenvalue weighted by Gasteiger charge is 2.40. The van der Waals surface area contributed by atoms with Crippen LogP contribution in [0.15, 0.2) is 53.3 Å². The first-order valence-electron chi connectivity index (χ1n) is 11.8. The van der Waals surface area contributed by atoms with Crippen LogP contribution in [-0.2, 0) is 12.6 Å². The van der Waals surface area contributed by atoms with Crippen molar-refractivity contribution in [2.45, 2.75) is 58.0 Å². The smallest absolute Gasteiger partial charge is 0.218 e. The van der Waals surface area contributed by atoms with Crippen molar-refractivity contribution in [3.05, 3.63) is 70.2 Å². The van der Waals surface area contributed by atoms with Crippen molar-refractivity contribution in [2.24, 2.45) is 12.0 Å². The topological polar surface area (TPSA) is 85.4 Å². The van der Waals surface area contributed by atoms with E-state index in [2.05, 4.69) is 21.9 Å². The third kappa shape index (κ3) is 4.39. The molecule has 0 aliphatic heterocycles. The molecule has 0 amide bonds. The van der Waals surface area contributed by atoms with Crippen LogP contribution in [0, 0.1) is 0 Å². The van der Waals surface area contributed by atoms with Gasteiger partial charge in [-0.3, -0.25) is 4.99 Å². The number of aliphatic imine (C=N–C) groups is 1. The number of ether oxygens (including phenoxy) is 1. The van der Waals surface area contributed by atoms with Crippen LogP contribution < -0.4 is 4.74 Å². The Morgan fingerprint density at radius 3 is 2.60 bits per heavy atom. The van der Waals surface area contributed by atoms with E-state index < -0.39 is 5.60 Å². The third-order valence-corrected chi connectivity index (χ3v) is 7.22. The molecule has 1 aromatic carbocycles. The number of allylic oxidation sites excluding steroid dienone is 2. The lowest BCUT2D eigenvalue weighted by Gasteiger charge is -2.32. The molecule has 1 saturated carbocycles. The third-order valence-electron chi connectivity index (χ3n) is 6.81. The molecular formula is C27H32ClN5O2. The largest absolute Gasteiger partial charge is 0.481 e. The minimum Gasteiger partial charge on any atom is -0.481 e. The number of aromatic nitrogens is 4. The van der Waals surface area contributed by atoms with Crippen LogP contribution in [-0.4, -0.2) is 37.9 Å². The lowest BCUT2D eigenvalue weighted by Crippen LogP contribution is -2.35. The van der Waals surface area contributed by atoms with E-state index in [1.807, 2.05) is 45.0 Å². The summed E-state index contributed by atoms with van der Waals surface area (Å²) < 4.78 is 7.21. The highest BCUT2D eigenvalue weighted by Crippen LogP contribution is 2.46. The molecule has 7 nitrogen and oxygen atoms in total. The maximum atomic E-state index is 12.4. The summed E-state index contributed by atoms with van der Waals surface area (Å²) in [5, 5.41) is 21.9. The number of fused-ring (bicyclic) bond motifs is 1. The average Bonchev–Trinajstić information content (AvgIpc) is 3.50. The van der Waals surface area contributed by atoms with Gasteiger partial charge in [0.05, 0.1) is 29.5 Å². The van der Waals surface area contributed by atoms with Crippen LogP contribution in [0.1, 0.15) is 69.2 Å². The van der Waals surface area contributed by atoms with E-state index in [9.17, 15) is 5.11 Å². The maximum Gasteiger partial charge on any atom is 0.218 e. The molecule has 3 aromatic rings. The number of halogens is 1. The minimum atomic E-state index is -1.58. The summed E-state index contributed by atoms with van der Waals surface area (Å²) in [4.78, 5) is 9.31. The van der Waals surface area contributed by atoms with Crippen molar-refractivity contribution in [1.82, 2.24) is 20.0 Å². The molecular weight excluding hydrogens is 462 g/mol. The van der Waals surface area contributed by atoms with Gasteiger partial charge < -0.3 is 9.84 Å². The van der Waals surface area contributed by atoms with Gasteiger partial charge in [-0.05, 0) is 57.2 Å². The Hall–Kier alpha value is -3.03. The summed E-state index contributed by atoms with van der Waals surface area (Å²) >= 11 is 7.05. The first-order valence-corrected chi connectivity index (χ1v) is 12.2. The van der Waals surface area contributed by atoms with Crippen molar-refractivity contribution in [1.29, 1.82) is 0 Å². The van der Waals surface area contributed by atoms with Gasteiger partial charge in [0.1, 0.15) is 0 Å². The van der Waals surface area contributed by atoms with Gasteiger partial charge in [0.15, 0.2) is 5.60 Å². The Morgan fingerprint density at radius 1 is 1.31 bits per heavy atom. The Morgan fingerprint density at radius 2 is 2.03 bits per heavy atom. The van der Waals surface area contributed by atoms with E-state index in [-0.39, 0.29) is 0 Å². The SMILES string of the molecule is C=C(C)/N=C(C)\C(=C/C)C(O)(c1ccc2nc(OC)c(C3CCCC3)c(Cl)c2c1)c1cnnn1C. The van der Waals surface area contributed by atoms with Crippen LogP contribution in [0.25, 0.3) is 10.9 Å². The fraction of sp³-hybridized carbons (Fsp3) is 0.407. The summed E-state index contributed by atoms with van der Waals surface area (Å²) in [6.45, 7) is 9.45. The highest BCUT2D eigenvalue weighted by molar-refractivity contribution is 6.36. The van der Waals surface area contributed by atoms with Crippen LogP contribution >= 0.6 is 11.6 Å². The second-order valence-electron chi connectivity index (χ2n) is 9.15. The lowest BCUT2D eigenvalue weighted by molar-refractivity contribution is 0.117. The monoisotopic (exact) mass is 493 g/mol. The van der Waals surface area contributed by atoms with Crippen molar-refractivity contribution in [3.63, 3.8) is 0 Å². The molecule has 0 saturated heterocycles. The van der Waals surface area contributed by atoms with Gasteiger partial charge in [-0.2, -0.15) is 0 Å². The molecule has 4 rings (SSSR count). The Kier molecular flexibility index (Phi) is 7.10. The second kappa shape index (κ2) is 9.91. The molecule has 1 fully saturated rings. The zero-order chi connectivity index (χ0) is 25.3. The molecule has 1 N–H and O–H groups in total. The first-order chi connectivity index (χ1) is 16.7. The number of nitrogens with zero attached hydrogens (tertiary/aromatic N) is 5. The quantitative estimate of drug-likeness (QED) is 0.416. The number of methoxy groups -OCH3 is 1. The van der Waals surface area contributed by atoms with Gasteiger partial charge in [0.25, 0.3) is 0 Å². The van der Waals surface area contributed by atoms with E-state index in [0.29, 0.717) is 50.6 Å². The number of rotatable bonds is 7. The molecule has 2 aromatic heterocycles. The molecule has 1 atom stereocenters. The minimum absolute atomic E-state index is 0.314. The molecule has 1 unspecified atom stereocenters. The summed E-state index contributed by atoms with van der Waals surface area (Å²) in [5.74, 6) is 0.890. The normalized spacial score (nSPS) is 17.1. The number of aliphatic hydroxyl groups is 1. The maximum absolute atomic E-state index is 12.4. The van der Waals surface area contributed by atoms with Crippen molar-refractivity contribution >= 4 is 28.2 Å². The second-order valence-corrected chi connectivity index (χ2v) is 9.53. The highest BCUT2D eigenvalue weighted by atomic mass is 35.5.